The lowest BCUT2D eigenvalue weighted by Crippen LogP contribution is -2.27. The molecule has 4 aromatic rings. The number of carbonyl (C=O) groups is 1. The molecule has 1 amide bonds. The molecule has 7 nitrogen and oxygen atoms in total. The van der Waals surface area contributed by atoms with E-state index in [1.807, 2.05) is 72.2 Å². The molecule has 0 saturated carbocycles. The third-order valence-corrected chi connectivity index (χ3v) is 6.12. The smallest absolute Gasteiger partial charge is 0.230 e. The van der Waals surface area contributed by atoms with E-state index in [1.165, 1.54) is 11.8 Å². The zero-order valence-electron chi connectivity index (χ0n) is 18.6. The first kappa shape index (κ1) is 23.8. The van der Waals surface area contributed by atoms with Crippen LogP contribution in [0.2, 0.25) is 5.02 Å². The van der Waals surface area contributed by atoms with E-state index in [1.54, 1.807) is 12.4 Å². The average Bonchev–Trinajstić information content (AvgIpc) is 3.29. The predicted molar refractivity (Wildman–Crippen MR) is 135 cm³/mol. The van der Waals surface area contributed by atoms with Gasteiger partial charge in [-0.05, 0) is 67.4 Å². The van der Waals surface area contributed by atoms with Crippen molar-refractivity contribution in [1.29, 1.82) is 0 Å². The van der Waals surface area contributed by atoms with Crippen LogP contribution in [0.25, 0.3) is 17.1 Å². The lowest BCUT2D eigenvalue weighted by atomic mass is 10.1. The summed E-state index contributed by atoms with van der Waals surface area (Å²) >= 11 is 7.26. The summed E-state index contributed by atoms with van der Waals surface area (Å²) in [4.78, 5) is 16.7. The van der Waals surface area contributed by atoms with Gasteiger partial charge in [0.05, 0.1) is 12.4 Å². The van der Waals surface area contributed by atoms with Crippen LogP contribution in [0, 0.1) is 0 Å². The molecule has 0 aliphatic rings. The Morgan fingerprint density at radius 3 is 2.59 bits per heavy atom. The number of amides is 1. The van der Waals surface area contributed by atoms with E-state index in [4.69, 9.17) is 16.3 Å². The van der Waals surface area contributed by atoms with Crippen LogP contribution >= 0.6 is 23.4 Å². The highest BCUT2D eigenvalue weighted by atomic mass is 35.5. The SMILES string of the molecule is CCOc1ccc(-n2c(SCC(=O)NCCc3ccc(Cl)cc3)nnc2-c2cccnc2)cc1. The number of halogens is 1. The Morgan fingerprint density at radius 2 is 1.88 bits per heavy atom. The number of benzene rings is 2. The molecule has 0 spiro atoms. The van der Waals surface area contributed by atoms with Gasteiger partial charge in [0, 0.05) is 35.2 Å². The molecule has 4 rings (SSSR count). The van der Waals surface area contributed by atoms with Crippen molar-refractivity contribution in [3.8, 4) is 22.8 Å². The number of carbonyl (C=O) groups excluding carboxylic acids is 1. The van der Waals surface area contributed by atoms with Gasteiger partial charge in [0.2, 0.25) is 5.91 Å². The maximum absolute atomic E-state index is 12.5. The molecule has 0 radical (unpaired) electrons. The van der Waals surface area contributed by atoms with Gasteiger partial charge >= 0.3 is 0 Å². The second-order valence-electron chi connectivity index (χ2n) is 7.33. The minimum absolute atomic E-state index is 0.0665. The summed E-state index contributed by atoms with van der Waals surface area (Å²) < 4.78 is 7.49. The van der Waals surface area contributed by atoms with Gasteiger partial charge in [-0.2, -0.15) is 0 Å². The second-order valence-corrected chi connectivity index (χ2v) is 8.70. The molecule has 0 fully saturated rings. The second kappa shape index (κ2) is 11.7. The minimum atomic E-state index is -0.0665. The summed E-state index contributed by atoms with van der Waals surface area (Å²) in [6.45, 7) is 3.10. The highest BCUT2D eigenvalue weighted by Crippen LogP contribution is 2.28. The number of nitrogens with one attached hydrogen (secondary N) is 1. The van der Waals surface area contributed by atoms with Crippen molar-refractivity contribution < 1.29 is 9.53 Å². The average molecular weight is 494 g/mol. The Bertz CT molecular complexity index is 1210. The molecule has 2 aromatic carbocycles. The number of hydrogen-bond acceptors (Lipinski definition) is 6. The van der Waals surface area contributed by atoms with Crippen LogP contribution in [0.15, 0.2) is 78.2 Å². The van der Waals surface area contributed by atoms with Crippen molar-refractivity contribution in [1.82, 2.24) is 25.1 Å². The van der Waals surface area contributed by atoms with Crippen LogP contribution < -0.4 is 10.1 Å². The fourth-order valence-electron chi connectivity index (χ4n) is 3.31. The lowest BCUT2D eigenvalue weighted by Gasteiger charge is -2.11. The van der Waals surface area contributed by atoms with Gasteiger partial charge in [0.1, 0.15) is 5.75 Å². The van der Waals surface area contributed by atoms with Crippen molar-refractivity contribution in [2.75, 3.05) is 18.9 Å². The van der Waals surface area contributed by atoms with Gasteiger partial charge in [-0.1, -0.05) is 35.5 Å². The first-order valence-corrected chi connectivity index (χ1v) is 12.2. The number of hydrogen-bond donors (Lipinski definition) is 1. The minimum Gasteiger partial charge on any atom is -0.494 e. The van der Waals surface area contributed by atoms with E-state index in [0.29, 0.717) is 29.2 Å². The first-order chi connectivity index (χ1) is 16.6. The van der Waals surface area contributed by atoms with Crippen LogP contribution in [0.5, 0.6) is 5.75 Å². The molecule has 0 aliphatic heterocycles. The highest BCUT2D eigenvalue weighted by Gasteiger charge is 2.17. The van der Waals surface area contributed by atoms with Gasteiger partial charge in [0.25, 0.3) is 0 Å². The Morgan fingerprint density at radius 1 is 1.09 bits per heavy atom. The van der Waals surface area contributed by atoms with Crippen LogP contribution in [0.1, 0.15) is 12.5 Å². The number of ether oxygens (including phenoxy) is 1. The third-order valence-electron chi connectivity index (χ3n) is 4.94. The van der Waals surface area contributed by atoms with Crippen LogP contribution in [-0.2, 0) is 11.2 Å². The summed E-state index contributed by atoms with van der Waals surface area (Å²) in [6.07, 6.45) is 4.19. The first-order valence-electron chi connectivity index (χ1n) is 10.9. The third kappa shape index (κ3) is 6.15. The Hall–Kier alpha value is -3.36. The van der Waals surface area contributed by atoms with Crippen LogP contribution in [0.4, 0.5) is 0 Å². The lowest BCUT2D eigenvalue weighted by molar-refractivity contribution is -0.118. The molecule has 0 atom stereocenters. The fraction of sp³-hybridized carbons (Fsp3) is 0.200. The van der Waals surface area contributed by atoms with Crippen molar-refractivity contribution in [2.45, 2.75) is 18.5 Å². The van der Waals surface area contributed by atoms with E-state index in [0.717, 1.165) is 29.0 Å². The number of nitrogens with zero attached hydrogens (tertiary/aromatic N) is 4. The molecule has 34 heavy (non-hydrogen) atoms. The van der Waals surface area contributed by atoms with Crippen molar-refractivity contribution in [3.05, 3.63) is 83.6 Å². The molecule has 0 aliphatic carbocycles. The van der Waals surface area contributed by atoms with E-state index < -0.39 is 0 Å². The monoisotopic (exact) mass is 493 g/mol. The van der Waals surface area contributed by atoms with Gasteiger partial charge in [-0.25, -0.2) is 0 Å². The van der Waals surface area contributed by atoms with Crippen molar-refractivity contribution >= 4 is 29.3 Å². The number of pyridine rings is 1. The zero-order chi connectivity index (χ0) is 23.8. The quantitative estimate of drug-likeness (QED) is 0.318. The molecule has 2 heterocycles. The van der Waals surface area contributed by atoms with E-state index in [2.05, 4.69) is 20.5 Å². The van der Waals surface area contributed by atoms with Gasteiger partial charge in [0.15, 0.2) is 11.0 Å². The van der Waals surface area contributed by atoms with E-state index in [-0.39, 0.29) is 11.7 Å². The fourth-order valence-corrected chi connectivity index (χ4v) is 4.22. The molecule has 2 aromatic heterocycles. The number of rotatable bonds is 10. The van der Waals surface area contributed by atoms with E-state index >= 15 is 0 Å². The molecule has 0 bridgehead atoms. The molecular formula is C25H24ClN5O2S. The summed E-state index contributed by atoms with van der Waals surface area (Å²) in [5.74, 6) is 1.60. The topological polar surface area (TPSA) is 81.9 Å². The molecular weight excluding hydrogens is 470 g/mol. The maximum atomic E-state index is 12.5. The molecule has 0 saturated heterocycles. The standard InChI is InChI=1S/C25H24ClN5O2S/c1-2-33-22-11-9-21(10-12-22)31-24(19-4-3-14-27-16-19)29-30-25(31)34-17-23(32)28-15-13-18-5-7-20(26)8-6-18/h3-12,14,16H,2,13,15,17H2,1H3,(H,28,32). The molecule has 1 N–H and O–H groups in total. The van der Waals surface area contributed by atoms with Crippen LogP contribution in [0.3, 0.4) is 0 Å². The summed E-state index contributed by atoms with van der Waals surface area (Å²) in [5.41, 5.74) is 2.83. The highest BCUT2D eigenvalue weighted by molar-refractivity contribution is 7.99. The summed E-state index contributed by atoms with van der Waals surface area (Å²) in [5, 5.41) is 13.0. The Kier molecular flexibility index (Phi) is 8.17. The largest absolute Gasteiger partial charge is 0.494 e. The molecule has 0 unspecified atom stereocenters. The van der Waals surface area contributed by atoms with Gasteiger partial charge in [-0.15, -0.1) is 10.2 Å². The summed E-state index contributed by atoms with van der Waals surface area (Å²) in [6, 6.07) is 19.1. The summed E-state index contributed by atoms with van der Waals surface area (Å²) in [7, 11) is 0. The van der Waals surface area contributed by atoms with Crippen molar-refractivity contribution in [2.24, 2.45) is 0 Å². The normalized spacial score (nSPS) is 10.8. The Balaban J connectivity index is 1.46. The van der Waals surface area contributed by atoms with Crippen molar-refractivity contribution in [3.63, 3.8) is 0 Å². The van der Waals surface area contributed by atoms with Crippen LogP contribution in [-0.4, -0.2) is 44.6 Å². The number of aromatic nitrogens is 4. The Labute approximate surface area is 207 Å². The molecule has 174 valence electrons. The predicted octanol–water partition coefficient (Wildman–Crippen LogP) is 4.83. The van der Waals surface area contributed by atoms with Gasteiger partial charge in [-0.3, -0.25) is 14.3 Å². The van der Waals surface area contributed by atoms with E-state index in [9.17, 15) is 4.79 Å². The molecule has 9 heteroatoms. The van der Waals surface area contributed by atoms with Gasteiger partial charge < -0.3 is 10.1 Å². The maximum Gasteiger partial charge on any atom is 0.230 e. The zero-order valence-corrected chi connectivity index (χ0v) is 20.2. The number of thioether (sulfide) groups is 1.